The molecule has 7 nitrogen and oxygen atoms in total. The van der Waals surface area contributed by atoms with Crippen LogP contribution in [0.2, 0.25) is 0 Å². The van der Waals surface area contributed by atoms with Crippen LogP contribution in [0.4, 0.5) is 5.82 Å². The van der Waals surface area contributed by atoms with Crippen LogP contribution < -0.4 is 14.8 Å². The molecule has 1 aromatic heterocycles. The number of rotatable bonds is 7. The number of anilines is 1. The first-order valence-electron chi connectivity index (χ1n) is 9.23. The monoisotopic (exact) mass is 371 g/mol. The zero-order valence-electron chi connectivity index (χ0n) is 15.7. The number of hydrogen-bond acceptors (Lipinski definition) is 5. The smallest absolute Gasteiger partial charge is 0.263 e. The van der Waals surface area contributed by atoms with Crippen LogP contribution in [0.5, 0.6) is 11.5 Å². The van der Waals surface area contributed by atoms with Crippen LogP contribution in [0.25, 0.3) is 0 Å². The molecule has 0 unspecified atom stereocenters. The molecule has 0 spiro atoms. The van der Waals surface area contributed by atoms with E-state index >= 15 is 0 Å². The maximum Gasteiger partial charge on any atom is 0.263 e. The molecule has 1 fully saturated rings. The number of amides is 1. The predicted molar refractivity (Wildman–Crippen MR) is 101 cm³/mol. The fraction of sp³-hybridized carbons (Fsp3) is 0.450. The number of hydrogen-bond donors (Lipinski definition) is 1. The zero-order chi connectivity index (χ0) is 19.2. The van der Waals surface area contributed by atoms with Gasteiger partial charge in [-0.3, -0.25) is 9.59 Å². The van der Waals surface area contributed by atoms with Gasteiger partial charge in [-0.05, 0) is 38.0 Å². The number of aromatic nitrogens is 2. The van der Waals surface area contributed by atoms with Crippen LogP contribution in [0.1, 0.15) is 55.4 Å². The predicted octanol–water partition coefficient (Wildman–Crippen LogP) is 3.62. The van der Waals surface area contributed by atoms with Crippen molar-refractivity contribution in [3.8, 4) is 11.5 Å². The molecule has 7 heteroatoms. The molecule has 3 rings (SSSR count). The van der Waals surface area contributed by atoms with Gasteiger partial charge in [-0.2, -0.15) is 5.10 Å². The quantitative estimate of drug-likeness (QED) is 0.752. The molecule has 144 valence electrons. The van der Waals surface area contributed by atoms with E-state index in [9.17, 15) is 9.59 Å². The second-order valence-electron chi connectivity index (χ2n) is 6.71. The molecule has 27 heavy (non-hydrogen) atoms. The number of methoxy groups -OCH3 is 1. The van der Waals surface area contributed by atoms with E-state index in [2.05, 4.69) is 10.4 Å². The maximum atomic E-state index is 12.3. The van der Waals surface area contributed by atoms with Gasteiger partial charge in [0, 0.05) is 11.6 Å². The van der Waals surface area contributed by atoms with Crippen LogP contribution in [0.3, 0.4) is 0 Å². The van der Waals surface area contributed by atoms with Crippen LogP contribution in [-0.2, 0) is 4.79 Å². The van der Waals surface area contributed by atoms with Crippen molar-refractivity contribution in [1.82, 2.24) is 9.78 Å². The topological polar surface area (TPSA) is 82.4 Å². The number of ketones is 1. The molecule has 1 heterocycles. The normalized spacial score (nSPS) is 14.6. The minimum absolute atomic E-state index is 0.0615. The molecule has 0 radical (unpaired) electrons. The minimum Gasteiger partial charge on any atom is -0.493 e. The van der Waals surface area contributed by atoms with Crippen molar-refractivity contribution in [2.45, 2.75) is 45.1 Å². The summed E-state index contributed by atoms with van der Waals surface area (Å²) in [6, 6.07) is 7.03. The van der Waals surface area contributed by atoms with Crippen LogP contribution in [0.15, 0.2) is 30.5 Å². The fourth-order valence-corrected chi connectivity index (χ4v) is 3.36. The van der Waals surface area contributed by atoms with Gasteiger partial charge in [-0.1, -0.05) is 19.3 Å². The number of benzene rings is 1. The molecule has 1 saturated carbocycles. The summed E-state index contributed by atoms with van der Waals surface area (Å²) in [5, 5.41) is 7.24. The Morgan fingerprint density at radius 1 is 1.19 bits per heavy atom. The second-order valence-corrected chi connectivity index (χ2v) is 6.71. The van der Waals surface area contributed by atoms with Gasteiger partial charge >= 0.3 is 0 Å². The van der Waals surface area contributed by atoms with E-state index in [-0.39, 0.29) is 18.3 Å². The molecule has 1 aliphatic rings. The highest BCUT2D eigenvalue weighted by Gasteiger charge is 2.19. The molecule has 1 aromatic carbocycles. The van der Waals surface area contributed by atoms with Crippen molar-refractivity contribution in [3.63, 3.8) is 0 Å². The Morgan fingerprint density at radius 2 is 1.96 bits per heavy atom. The van der Waals surface area contributed by atoms with Gasteiger partial charge in [-0.25, -0.2) is 4.68 Å². The van der Waals surface area contributed by atoms with Gasteiger partial charge in [0.05, 0.1) is 19.3 Å². The van der Waals surface area contributed by atoms with Gasteiger partial charge in [0.2, 0.25) is 0 Å². The first-order chi connectivity index (χ1) is 13.1. The van der Waals surface area contributed by atoms with Crippen molar-refractivity contribution in [2.75, 3.05) is 19.0 Å². The number of carbonyl (C=O) groups is 2. The Bertz CT molecular complexity index is 809. The average molecular weight is 371 g/mol. The van der Waals surface area contributed by atoms with Crippen molar-refractivity contribution < 1.29 is 19.1 Å². The standard InChI is InChI=1S/C20H25N3O4/c1-14(24)15-8-9-17(18(12-15)26-2)27-13-20(25)22-19-10-11-21-23(19)16-6-4-3-5-7-16/h8-12,16H,3-7,13H2,1-2H3,(H,22,25). The molecule has 0 atom stereocenters. The lowest BCUT2D eigenvalue weighted by molar-refractivity contribution is -0.118. The summed E-state index contributed by atoms with van der Waals surface area (Å²) < 4.78 is 12.7. The number of nitrogens with zero attached hydrogens (tertiary/aromatic N) is 2. The third-order valence-corrected chi connectivity index (χ3v) is 4.79. The fourth-order valence-electron chi connectivity index (χ4n) is 3.36. The molecule has 0 bridgehead atoms. The highest BCUT2D eigenvalue weighted by Crippen LogP contribution is 2.30. The number of nitrogens with one attached hydrogen (secondary N) is 1. The highest BCUT2D eigenvalue weighted by atomic mass is 16.5. The van der Waals surface area contributed by atoms with Crippen LogP contribution in [0, 0.1) is 0 Å². The summed E-state index contributed by atoms with van der Waals surface area (Å²) in [5.74, 6) is 1.19. The zero-order valence-corrected chi connectivity index (χ0v) is 15.7. The molecule has 2 aromatic rings. The lowest BCUT2D eigenvalue weighted by atomic mass is 9.96. The van der Waals surface area contributed by atoms with Crippen LogP contribution in [-0.4, -0.2) is 35.2 Å². The Kier molecular flexibility index (Phi) is 6.11. The van der Waals surface area contributed by atoms with E-state index in [1.165, 1.54) is 33.3 Å². The molecule has 1 aliphatic carbocycles. The summed E-state index contributed by atoms with van der Waals surface area (Å²) in [6.07, 6.45) is 7.52. The van der Waals surface area contributed by atoms with E-state index in [1.807, 2.05) is 4.68 Å². The van der Waals surface area contributed by atoms with E-state index in [0.29, 0.717) is 28.9 Å². The molecule has 0 saturated heterocycles. The maximum absolute atomic E-state index is 12.3. The lowest BCUT2D eigenvalue weighted by Gasteiger charge is -2.23. The summed E-state index contributed by atoms with van der Waals surface area (Å²) in [5.41, 5.74) is 0.528. The van der Waals surface area contributed by atoms with Crippen molar-refractivity contribution in [2.24, 2.45) is 0 Å². The van der Waals surface area contributed by atoms with Gasteiger partial charge in [0.1, 0.15) is 5.82 Å². The van der Waals surface area contributed by atoms with Crippen molar-refractivity contribution in [3.05, 3.63) is 36.0 Å². The van der Waals surface area contributed by atoms with Crippen LogP contribution >= 0.6 is 0 Å². The Labute approximate surface area is 158 Å². The van der Waals surface area contributed by atoms with E-state index in [4.69, 9.17) is 9.47 Å². The van der Waals surface area contributed by atoms with E-state index < -0.39 is 0 Å². The summed E-state index contributed by atoms with van der Waals surface area (Å²) in [6.45, 7) is 1.32. The van der Waals surface area contributed by atoms with Gasteiger partial charge < -0.3 is 14.8 Å². The summed E-state index contributed by atoms with van der Waals surface area (Å²) >= 11 is 0. The molecule has 0 aliphatic heterocycles. The van der Waals surface area contributed by atoms with Crippen molar-refractivity contribution in [1.29, 1.82) is 0 Å². The number of carbonyl (C=O) groups excluding carboxylic acids is 2. The Balaban J connectivity index is 1.61. The minimum atomic E-state index is -0.273. The second kappa shape index (κ2) is 8.70. The summed E-state index contributed by atoms with van der Waals surface area (Å²) in [7, 11) is 1.49. The molecule has 1 amide bonds. The largest absolute Gasteiger partial charge is 0.493 e. The van der Waals surface area contributed by atoms with Crippen molar-refractivity contribution >= 4 is 17.5 Å². The third kappa shape index (κ3) is 4.67. The van der Waals surface area contributed by atoms with Gasteiger partial charge in [0.15, 0.2) is 23.9 Å². The molecular weight excluding hydrogens is 346 g/mol. The number of ether oxygens (including phenoxy) is 2. The van der Waals surface area contributed by atoms with Gasteiger partial charge in [0.25, 0.3) is 5.91 Å². The molecule has 1 N–H and O–H groups in total. The number of Topliss-reactive ketones (excluding diaryl/α,β-unsaturated/α-hetero) is 1. The summed E-state index contributed by atoms with van der Waals surface area (Å²) in [4.78, 5) is 23.8. The SMILES string of the molecule is COc1cc(C(C)=O)ccc1OCC(=O)Nc1ccnn1C1CCCCC1. The van der Waals surface area contributed by atoms with Gasteiger partial charge in [-0.15, -0.1) is 0 Å². The van der Waals surface area contributed by atoms with E-state index in [1.54, 1.807) is 30.5 Å². The molecular formula is C20H25N3O4. The lowest BCUT2D eigenvalue weighted by Crippen LogP contribution is -2.24. The van der Waals surface area contributed by atoms with E-state index in [0.717, 1.165) is 12.8 Å². The third-order valence-electron chi connectivity index (χ3n) is 4.79. The first kappa shape index (κ1) is 18.9. The average Bonchev–Trinajstić information content (AvgIpc) is 3.14. The first-order valence-corrected chi connectivity index (χ1v) is 9.23. The Morgan fingerprint density at radius 3 is 2.67 bits per heavy atom. The Hall–Kier alpha value is -2.83. The highest BCUT2D eigenvalue weighted by molar-refractivity contribution is 5.94.